The molecule has 0 aliphatic heterocycles. The Kier molecular flexibility index (Phi) is 5.03. The number of rotatable bonds is 2. The molecule has 4 nitrogen and oxygen atoms in total. The van der Waals surface area contributed by atoms with Crippen LogP contribution in [0.4, 0.5) is 0 Å². The van der Waals surface area contributed by atoms with Crippen LogP contribution >= 0.6 is 23.2 Å². The van der Waals surface area contributed by atoms with Crippen molar-refractivity contribution in [2.24, 2.45) is 5.92 Å². The maximum absolute atomic E-state index is 10.5. The van der Waals surface area contributed by atoms with E-state index in [-0.39, 0.29) is 10.8 Å². The van der Waals surface area contributed by atoms with Gasteiger partial charge in [-0.05, 0) is 31.9 Å². The Morgan fingerprint density at radius 2 is 1.67 bits per heavy atom. The van der Waals surface area contributed by atoms with Crippen molar-refractivity contribution >= 4 is 33.3 Å². The predicted octanol–water partition coefficient (Wildman–Crippen LogP) is 2.76. The summed E-state index contributed by atoms with van der Waals surface area (Å²) in [6.45, 7) is 1.84. The zero-order chi connectivity index (χ0) is 14.0. The van der Waals surface area contributed by atoms with Crippen molar-refractivity contribution in [2.75, 3.05) is 0 Å². The number of halogens is 2. The van der Waals surface area contributed by atoms with Crippen molar-refractivity contribution in [3.05, 3.63) is 29.8 Å². The fraction of sp³-hybridized carbons (Fsp3) is 0.455. The highest BCUT2D eigenvalue weighted by atomic mass is 35.5. The molecule has 1 fully saturated rings. The molecule has 0 atom stereocenters. The van der Waals surface area contributed by atoms with Crippen LogP contribution in [0.1, 0.15) is 18.4 Å². The summed E-state index contributed by atoms with van der Waals surface area (Å²) >= 11 is 10.5. The molecule has 0 bridgehead atoms. The smallest absolute Gasteiger partial charge is 0.294 e. The predicted molar refractivity (Wildman–Crippen MR) is 70.4 cm³/mol. The van der Waals surface area contributed by atoms with E-state index < -0.39 is 14.6 Å². The van der Waals surface area contributed by atoms with E-state index in [0.29, 0.717) is 0 Å². The molecule has 0 spiro atoms. The third-order valence-electron chi connectivity index (χ3n) is 2.39. The van der Waals surface area contributed by atoms with Crippen molar-refractivity contribution in [1.82, 2.24) is 0 Å². The molecule has 7 heteroatoms. The monoisotopic (exact) mass is 312 g/mol. The van der Waals surface area contributed by atoms with Gasteiger partial charge in [-0.15, -0.1) is 0 Å². The number of alkyl halides is 2. The lowest BCUT2D eigenvalue weighted by Gasteiger charge is -2.07. The summed E-state index contributed by atoms with van der Waals surface area (Å²) in [5.41, 5.74) is 0.956. The Morgan fingerprint density at radius 1 is 1.22 bits per heavy atom. The normalized spacial score (nSPS) is 15.8. The molecule has 0 amide bonds. The fourth-order valence-corrected chi connectivity index (χ4v) is 2.06. The molecule has 1 aliphatic carbocycles. The summed E-state index contributed by atoms with van der Waals surface area (Å²) in [5.74, 6) is 0.135. The van der Waals surface area contributed by atoms with Gasteiger partial charge in [0.2, 0.25) is 4.52 Å². The fourth-order valence-electron chi connectivity index (χ4n) is 1.14. The molecule has 0 unspecified atom stereocenters. The van der Waals surface area contributed by atoms with E-state index in [1.165, 1.54) is 12.1 Å². The first-order chi connectivity index (χ1) is 8.10. The molecule has 102 valence electrons. The Labute approximate surface area is 116 Å². The summed E-state index contributed by atoms with van der Waals surface area (Å²) < 4.78 is 28.1. The number of benzene rings is 1. The summed E-state index contributed by atoms with van der Waals surface area (Å²) in [4.78, 5) is -0.0666. The molecule has 1 aromatic carbocycles. The van der Waals surface area contributed by atoms with Crippen LogP contribution in [0.3, 0.4) is 0 Å². The highest BCUT2D eigenvalue weighted by Gasteiger charge is 2.40. The van der Waals surface area contributed by atoms with Gasteiger partial charge in [-0.25, -0.2) is 0 Å². The molecule has 1 aromatic rings. The lowest BCUT2D eigenvalue weighted by atomic mass is 10.2. The third kappa shape index (κ3) is 5.54. The Morgan fingerprint density at radius 3 is 1.89 bits per heavy atom. The van der Waals surface area contributed by atoms with Crippen LogP contribution in [0.2, 0.25) is 0 Å². The van der Waals surface area contributed by atoms with Crippen molar-refractivity contribution in [2.45, 2.75) is 29.2 Å². The van der Waals surface area contributed by atoms with Crippen LogP contribution < -0.4 is 0 Å². The first-order valence-corrected chi connectivity index (χ1v) is 7.44. The van der Waals surface area contributed by atoms with Gasteiger partial charge in [0.1, 0.15) is 0 Å². The van der Waals surface area contributed by atoms with Crippen molar-refractivity contribution < 1.29 is 18.1 Å². The van der Waals surface area contributed by atoms with Crippen molar-refractivity contribution in [3.8, 4) is 0 Å². The molecule has 18 heavy (non-hydrogen) atoms. The minimum atomic E-state index is -4.02. The minimum absolute atomic E-state index is 0.0666. The SMILES string of the molecule is Cc1ccc(S(=O)(=O)O)cc1.OC(Cl)(Cl)C1CC1. The van der Waals surface area contributed by atoms with Gasteiger partial charge in [0.05, 0.1) is 4.90 Å². The Hall–Kier alpha value is -0.330. The molecule has 1 aliphatic rings. The second-order valence-corrected chi connectivity index (χ2v) is 6.92. The van der Waals surface area contributed by atoms with Crippen molar-refractivity contribution in [3.63, 3.8) is 0 Å². The molecule has 0 heterocycles. The van der Waals surface area contributed by atoms with E-state index in [2.05, 4.69) is 0 Å². The summed E-state index contributed by atoms with van der Waals surface area (Å²) in [5, 5.41) is 8.69. The average Bonchev–Trinajstić information content (AvgIpc) is 2.99. The Balaban J connectivity index is 0.000000199. The first kappa shape index (κ1) is 15.7. The lowest BCUT2D eigenvalue weighted by molar-refractivity contribution is 0.191. The zero-order valence-corrected chi connectivity index (χ0v) is 12.0. The molecule has 0 saturated heterocycles. The van der Waals surface area contributed by atoms with E-state index in [1.807, 2.05) is 6.92 Å². The molecule has 1 saturated carbocycles. The topological polar surface area (TPSA) is 74.6 Å². The maximum atomic E-state index is 10.5. The highest BCUT2D eigenvalue weighted by Crippen LogP contribution is 2.44. The van der Waals surface area contributed by atoms with Gasteiger partial charge < -0.3 is 5.11 Å². The number of aliphatic hydroxyl groups is 1. The van der Waals surface area contributed by atoms with Crippen LogP contribution in [0.25, 0.3) is 0 Å². The Bertz CT molecular complexity index is 487. The van der Waals surface area contributed by atoms with E-state index in [9.17, 15) is 8.42 Å². The van der Waals surface area contributed by atoms with Crippen LogP contribution in [-0.4, -0.2) is 22.6 Å². The van der Waals surface area contributed by atoms with E-state index in [1.54, 1.807) is 12.1 Å². The number of aryl methyl sites for hydroxylation is 1. The number of hydrogen-bond acceptors (Lipinski definition) is 3. The third-order valence-corrected chi connectivity index (χ3v) is 3.87. The van der Waals surface area contributed by atoms with E-state index in [4.69, 9.17) is 32.9 Å². The quantitative estimate of drug-likeness (QED) is 0.650. The standard InChI is InChI=1S/C7H8O3S.C4H6Cl2O/c1-6-2-4-7(5-3-6)11(8,9)10;5-4(6,7)3-1-2-3/h2-5H,1H3,(H,8,9,10);3,7H,1-2H2. The van der Waals surface area contributed by atoms with Crippen LogP contribution in [0.5, 0.6) is 0 Å². The van der Waals surface area contributed by atoms with E-state index >= 15 is 0 Å². The summed E-state index contributed by atoms with van der Waals surface area (Å²) in [6.07, 6.45) is 1.92. The summed E-state index contributed by atoms with van der Waals surface area (Å²) in [7, 11) is -4.02. The second-order valence-electron chi connectivity index (χ2n) is 4.15. The number of hydrogen-bond donors (Lipinski definition) is 2. The molecule has 2 rings (SSSR count). The molecule has 2 N–H and O–H groups in total. The average molecular weight is 313 g/mol. The largest absolute Gasteiger partial charge is 0.362 e. The highest BCUT2D eigenvalue weighted by molar-refractivity contribution is 7.85. The molecular weight excluding hydrogens is 299 g/mol. The van der Waals surface area contributed by atoms with E-state index in [0.717, 1.165) is 18.4 Å². The lowest BCUT2D eigenvalue weighted by Crippen LogP contribution is -2.12. The van der Waals surface area contributed by atoms with Gasteiger partial charge in [-0.1, -0.05) is 40.9 Å². The van der Waals surface area contributed by atoms with Gasteiger partial charge in [0.15, 0.2) is 0 Å². The van der Waals surface area contributed by atoms with Gasteiger partial charge in [0.25, 0.3) is 10.1 Å². The van der Waals surface area contributed by atoms with Crippen LogP contribution in [-0.2, 0) is 10.1 Å². The second kappa shape index (κ2) is 5.75. The minimum Gasteiger partial charge on any atom is -0.362 e. The zero-order valence-electron chi connectivity index (χ0n) is 9.68. The van der Waals surface area contributed by atoms with Gasteiger partial charge in [-0.3, -0.25) is 4.55 Å². The maximum Gasteiger partial charge on any atom is 0.294 e. The van der Waals surface area contributed by atoms with Crippen LogP contribution in [0.15, 0.2) is 29.2 Å². The summed E-state index contributed by atoms with van der Waals surface area (Å²) in [6, 6.07) is 5.99. The van der Waals surface area contributed by atoms with Gasteiger partial charge in [-0.2, -0.15) is 8.42 Å². The van der Waals surface area contributed by atoms with Gasteiger partial charge in [0, 0.05) is 5.92 Å². The van der Waals surface area contributed by atoms with Crippen molar-refractivity contribution in [1.29, 1.82) is 0 Å². The molecular formula is C11H14Cl2O4S. The van der Waals surface area contributed by atoms with Crippen LogP contribution in [0, 0.1) is 12.8 Å². The molecule has 0 radical (unpaired) electrons. The van der Waals surface area contributed by atoms with Gasteiger partial charge >= 0.3 is 0 Å². The first-order valence-electron chi connectivity index (χ1n) is 5.25. The molecule has 0 aromatic heterocycles.